The molecule has 2 aliphatic rings. The first-order valence-electron chi connectivity index (χ1n) is 13.5. The quantitative estimate of drug-likeness (QED) is 0.401. The summed E-state index contributed by atoms with van der Waals surface area (Å²) in [4.78, 5) is 44.3. The number of benzene rings is 2. The number of ether oxygens (including phenoxy) is 1. The van der Waals surface area contributed by atoms with E-state index in [0.29, 0.717) is 5.75 Å². The van der Waals surface area contributed by atoms with Crippen LogP contribution in [0.1, 0.15) is 24.3 Å². The molecule has 13 heteroatoms. The number of aliphatic hydroxyl groups is 1. The SMILES string of the molecule is Nc1c(Oc2ccccc2)ncn(C[C@@]2(O)CCN(C(=O)[C@@H]3CCN(C(=O)O)C[C@H]3c3ccccc3)CC2(F)F)c1=O. The lowest BCUT2D eigenvalue weighted by atomic mass is 9.79. The molecule has 3 heterocycles. The van der Waals surface area contributed by atoms with Crippen LogP contribution in [0.25, 0.3) is 0 Å². The molecule has 2 aliphatic heterocycles. The number of anilines is 1. The normalized spacial score (nSPS) is 23.8. The molecule has 42 heavy (non-hydrogen) atoms. The Morgan fingerprint density at radius 1 is 1.05 bits per heavy atom. The van der Waals surface area contributed by atoms with Crippen molar-refractivity contribution in [2.75, 3.05) is 31.9 Å². The van der Waals surface area contributed by atoms with Crippen LogP contribution < -0.4 is 16.0 Å². The van der Waals surface area contributed by atoms with Gasteiger partial charge in [0, 0.05) is 37.9 Å². The number of likely N-dealkylation sites (tertiary alicyclic amines) is 2. The van der Waals surface area contributed by atoms with Crippen LogP contribution in [0.15, 0.2) is 71.8 Å². The number of piperidine rings is 2. The molecule has 0 aliphatic carbocycles. The highest BCUT2D eigenvalue weighted by Gasteiger charge is 2.57. The smallest absolute Gasteiger partial charge is 0.407 e. The molecule has 1 aromatic heterocycles. The first-order chi connectivity index (χ1) is 20.0. The number of nitrogen functional groups attached to an aromatic ring is 1. The minimum atomic E-state index is -3.78. The zero-order valence-corrected chi connectivity index (χ0v) is 22.6. The van der Waals surface area contributed by atoms with Gasteiger partial charge in [-0.1, -0.05) is 48.5 Å². The predicted octanol–water partition coefficient (Wildman–Crippen LogP) is 3.00. The van der Waals surface area contributed by atoms with Gasteiger partial charge in [0.25, 0.3) is 11.5 Å². The highest BCUT2D eigenvalue weighted by atomic mass is 19.3. The van der Waals surface area contributed by atoms with Crippen LogP contribution in [0.3, 0.4) is 0 Å². The van der Waals surface area contributed by atoms with Gasteiger partial charge < -0.3 is 30.5 Å². The topological polar surface area (TPSA) is 151 Å². The van der Waals surface area contributed by atoms with E-state index < -0.39 is 66.1 Å². The van der Waals surface area contributed by atoms with Crippen LogP contribution in [0.5, 0.6) is 11.6 Å². The zero-order chi connectivity index (χ0) is 30.1. The van der Waals surface area contributed by atoms with Gasteiger partial charge in [-0.25, -0.2) is 18.6 Å². The molecule has 2 fully saturated rings. The molecule has 3 atom stereocenters. The molecule has 0 unspecified atom stereocenters. The lowest BCUT2D eigenvalue weighted by Gasteiger charge is -2.46. The highest BCUT2D eigenvalue weighted by molar-refractivity contribution is 5.81. The van der Waals surface area contributed by atoms with E-state index in [1.165, 1.54) is 4.90 Å². The summed E-state index contributed by atoms with van der Waals surface area (Å²) in [5, 5.41) is 20.6. The average Bonchev–Trinajstić information content (AvgIpc) is 2.99. The van der Waals surface area contributed by atoms with E-state index in [1.54, 1.807) is 60.7 Å². The van der Waals surface area contributed by atoms with Crippen LogP contribution >= 0.6 is 0 Å². The Balaban J connectivity index is 1.31. The fraction of sp³-hybridized carbons (Fsp3) is 0.379. The first kappa shape index (κ1) is 29.0. The molecule has 5 rings (SSSR count). The Kier molecular flexibility index (Phi) is 7.87. The van der Waals surface area contributed by atoms with E-state index in [0.717, 1.165) is 21.4 Å². The van der Waals surface area contributed by atoms with Crippen molar-refractivity contribution in [3.05, 3.63) is 82.9 Å². The molecule has 0 spiro atoms. The highest BCUT2D eigenvalue weighted by Crippen LogP contribution is 2.40. The number of hydrogen-bond acceptors (Lipinski definition) is 7. The lowest BCUT2D eigenvalue weighted by molar-refractivity contribution is -0.223. The molecule has 2 amide bonds. The number of alkyl halides is 2. The summed E-state index contributed by atoms with van der Waals surface area (Å²) in [6, 6.07) is 17.4. The number of nitrogens with two attached hydrogens (primary N) is 1. The van der Waals surface area contributed by atoms with Crippen LogP contribution in [0, 0.1) is 5.92 Å². The van der Waals surface area contributed by atoms with Crippen molar-refractivity contribution >= 4 is 17.7 Å². The third-order valence-electron chi connectivity index (χ3n) is 8.03. The number of halogens is 2. The molecule has 4 N–H and O–H groups in total. The van der Waals surface area contributed by atoms with Crippen molar-refractivity contribution in [1.29, 1.82) is 0 Å². The molecule has 0 saturated carbocycles. The number of amides is 2. The summed E-state index contributed by atoms with van der Waals surface area (Å²) in [7, 11) is 0. The van der Waals surface area contributed by atoms with Gasteiger partial charge in [-0.05, 0) is 24.1 Å². The Labute approximate surface area is 239 Å². The van der Waals surface area contributed by atoms with Crippen molar-refractivity contribution < 1.29 is 33.3 Å². The maximum atomic E-state index is 15.6. The minimum Gasteiger partial charge on any atom is -0.465 e. The summed E-state index contributed by atoms with van der Waals surface area (Å²) < 4.78 is 37.5. The Morgan fingerprint density at radius 3 is 2.36 bits per heavy atom. The first-order valence-corrected chi connectivity index (χ1v) is 13.5. The fourth-order valence-corrected chi connectivity index (χ4v) is 5.61. The number of aromatic nitrogens is 2. The molecule has 0 radical (unpaired) electrons. The minimum absolute atomic E-state index is 0.0608. The van der Waals surface area contributed by atoms with E-state index in [1.807, 2.05) is 0 Å². The van der Waals surface area contributed by atoms with Crippen molar-refractivity contribution in [2.24, 2.45) is 5.92 Å². The van der Waals surface area contributed by atoms with Gasteiger partial charge in [-0.2, -0.15) is 0 Å². The van der Waals surface area contributed by atoms with E-state index in [-0.39, 0.29) is 31.9 Å². The van der Waals surface area contributed by atoms with Gasteiger partial charge in [-0.3, -0.25) is 14.2 Å². The van der Waals surface area contributed by atoms with Crippen molar-refractivity contribution in [3.63, 3.8) is 0 Å². The molecule has 222 valence electrons. The number of hydrogen-bond donors (Lipinski definition) is 3. The number of rotatable bonds is 6. The number of nitrogens with zero attached hydrogens (tertiary/aromatic N) is 4. The Morgan fingerprint density at radius 2 is 1.71 bits per heavy atom. The Hall–Kier alpha value is -4.52. The van der Waals surface area contributed by atoms with Crippen molar-refractivity contribution in [3.8, 4) is 11.6 Å². The monoisotopic (exact) mass is 583 g/mol. The standard InChI is InChI=1S/C29H31F2N5O6/c30-29(31)17-35(25(37)21-11-13-34(27(39)40)15-22(21)19-7-3-1-4-8-19)14-12-28(29,41)16-36-18-33-24(23(32)26(36)38)42-20-9-5-2-6-10-20/h1-10,18,21-22,41H,11-17,32H2,(H,39,40)/t21-,22+,28+/m1/s1. The van der Waals surface area contributed by atoms with Crippen LogP contribution in [-0.2, 0) is 11.3 Å². The van der Waals surface area contributed by atoms with E-state index in [4.69, 9.17) is 10.5 Å². The van der Waals surface area contributed by atoms with E-state index in [2.05, 4.69) is 4.98 Å². The molecule has 0 bridgehead atoms. The van der Waals surface area contributed by atoms with Crippen molar-refractivity contribution in [2.45, 2.75) is 36.8 Å². The predicted molar refractivity (Wildman–Crippen MR) is 147 cm³/mol. The number of carbonyl (C=O) groups is 2. The largest absolute Gasteiger partial charge is 0.465 e. The summed E-state index contributed by atoms with van der Waals surface area (Å²) in [6.07, 6.45) is -0.455. The Bertz CT molecular complexity index is 1510. The molecular formula is C29H31F2N5O6. The second kappa shape index (κ2) is 11.4. The summed E-state index contributed by atoms with van der Waals surface area (Å²) in [6.45, 7) is -1.88. The second-order valence-corrected chi connectivity index (χ2v) is 10.7. The van der Waals surface area contributed by atoms with Crippen LogP contribution in [0.2, 0.25) is 0 Å². The third-order valence-corrected chi connectivity index (χ3v) is 8.03. The number of para-hydroxylation sites is 1. The number of carbonyl (C=O) groups excluding carboxylic acids is 1. The van der Waals surface area contributed by atoms with Gasteiger partial charge in [0.2, 0.25) is 11.8 Å². The van der Waals surface area contributed by atoms with Gasteiger partial charge in [0.15, 0.2) is 5.69 Å². The fourth-order valence-electron chi connectivity index (χ4n) is 5.61. The van der Waals surface area contributed by atoms with Gasteiger partial charge in [-0.15, -0.1) is 0 Å². The van der Waals surface area contributed by atoms with Crippen LogP contribution in [-0.4, -0.2) is 79.3 Å². The van der Waals surface area contributed by atoms with E-state index >= 15 is 8.78 Å². The van der Waals surface area contributed by atoms with Gasteiger partial charge in [0.05, 0.1) is 13.1 Å². The van der Waals surface area contributed by atoms with Gasteiger partial charge in [0.1, 0.15) is 17.7 Å². The maximum absolute atomic E-state index is 15.6. The van der Waals surface area contributed by atoms with Crippen molar-refractivity contribution in [1.82, 2.24) is 19.4 Å². The zero-order valence-electron chi connectivity index (χ0n) is 22.6. The summed E-state index contributed by atoms with van der Waals surface area (Å²) in [5.41, 5.74) is 2.73. The third kappa shape index (κ3) is 5.64. The molecule has 2 aromatic carbocycles. The van der Waals surface area contributed by atoms with Gasteiger partial charge >= 0.3 is 6.09 Å². The molecular weight excluding hydrogens is 552 g/mol. The summed E-state index contributed by atoms with van der Waals surface area (Å²) in [5.74, 6) is -5.35. The number of carboxylic acid groups (broad SMARTS) is 1. The lowest BCUT2D eigenvalue weighted by Crippen LogP contribution is -2.64. The van der Waals surface area contributed by atoms with E-state index in [9.17, 15) is 24.6 Å². The molecule has 3 aromatic rings. The average molecular weight is 584 g/mol. The molecule has 2 saturated heterocycles. The summed E-state index contributed by atoms with van der Waals surface area (Å²) >= 11 is 0. The maximum Gasteiger partial charge on any atom is 0.407 e. The molecule has 11 nitrogen and oxygen atoms in total. The second-order valence-electron chi connectivity index (χ2n) is 10.7. The van der Waals surface area contributed by atoms with Crippen LogP contribution in [0.4, 0.5) is 19.3 Å².